The largest absolute Gasteiger partial charge is 0.437 e. The Morgan fingerprint density at radius 2 is 1.75 bits per heavy atom. The Morgan fingerprint density at radius 3 is 2.47 bits per heavy atom. The van der Waals surface area contributed by atoms with Gasteiger partial charge in [0.1, 0.15) is 11.7 Å². The minimum absolute atomic E-state index is 0.0706. The molecule has 5 nitrogen and oxygen atoms in total. The zero-order valence-electron chi connectivity index (χ0n) is 17.8. The van der Waals surface area contributed by atoms with Gasteiger partial charge in [0.05, 0.1) is 17.2 Å². The maximum Gasteiger partial charge on any atom is 0.238 e. The molecule has 32 heavy (non-hydrogen) atoms. The molecule has 0 amide bonds. The molecule has 4 unspecified atom stereocenters. The number of nitrogens with zero attached hydrogens (tertiary/aromatic N) is 2. The third-order valence-electron chi connectivity index (χ3n) is 7.66. The number of carbonyl (C=O) groups excluding carboxylic acids is 2. The molecule has 6 heteroatoms. The molecule has 0 N–H and O–H groups in total. The van der Waals surface area contributed by atoms with E-state index in [1.165, 1.54) is 0 Å². The summed E-state index contributed by atoms with van der Waals surface area (Å²) in [6, 6.07) is 11.0. The van der Waals surface area contributed by atoms with Gasteiger partial charge in [0, 0.05) is 16.9 Å². The Morgan fingerprint density at radius 1 is 1.00 bits per heavy atom. The molecule has 0 saturated heterocycles. The van der Waals surface area contributed by atoms with Crippen molar-refractivity contribution in [3.63, 3.8) is 0 Å². The Bertz CT molecular complexity index is 1250. The van der Waals surface area contributed by atoms with Crippen LogP contribution in [0.25, 0.3) is 11.0 Å². The zero-order chi connectivity index (χ0) is 22.0. The summed E-state index contributed by atoms with van der Waals surface area (Å²) in [6.45, 7) is 2.05. The lowest BCUT2D eigenvalue weighted by Crippen LogP contribution is -2.24. The van der Waals surface area contributed by atoms with E-state index in [-0.39, 0.29) is 23.4 Å². The van der Waals surface area contributed by atoms with Gasteiger partial charge >= 0.3 is 0 Å². The molecule has 162 valence electrons. The fourth-order valence-electron chi connectivity index (χ4n) is 6.31. The monoisotopic (exact) mass is 446 g/mol. The topological polar surface area (TPSA) is 69.2 Å². The van der Waals surface area contributed by atoms with Crippen molar-refractivity contribution in [2.24, 2.45) is 23.7 Å². The molecule has 3 fully saturated rings. The van der Waals surface area contributed by atoms with Gasteiger partial charge in [0.25, 0.3) is 0 Å². The molecule has 4 atom stereocenters. The average molecular weight is 447 g/mol. The Hall–Kier alpha value is -2.79. The Balaban J connectivity index is 1.34. The van der Waals surface area contributed by atoms with Gasteiger partial charge in [-0.1, -0.05) is 24.6 Å². The number of Topliss-reactive ketones (excluding diaryl/α,β-unsaturated/α-hetero) is 2. The van der Waals surface area contributed by atoms with Crippen molar-refractivity contribution in [2.75, 3.05) is 0 Å². The second kappa shape index (κ2) is 7.38. The number of rotatable bonds is 4. The predicted octanol–water partition coefficient (Wildman–Crippen LogP) is 5.54. The van der Waals surface area contributed by atoms with E-state index >= 15 is 0 Å². The van der Waals surface area contributed by atoms with Gasteiger partial charge in [-0.25, -0.2) is 9.97 Å². The van der Waals surface area contributed by atoms with Crippen LogP contribution < -0.4 is 4.74 Å². The number of carbonyl (C=O) groups is 2. The number of aromatic nitrogens is 2. The number of benzene rings is 2. The third-order valence-corrected chi connectivity index (χ3v) is 7.89. The number of ketones is 2. The molecular weight excluding hydrogens is 424 g/mol. The van der Waals surface area contributed by atoms with Gasteiger partial charge in [-0.15, -0.1) is 0 Å². The summed E-state index contributed by atoms with van der Waals surface area (Å²) in [6.07, 6.45) is 5.54. The van der Waals surface area contributed by atoms with Crippen LogP contribution in [-0.4, -0.2) is 21.5 Å². The number of fused-ring (bicyclic) bond motifs is 6. The fourth-order valence-corrected chi connectivity index (χ4v) is 6.47. The highest BCUT2D eigenvalue weighted by molar-refractivity contribution is 6.31. The fraction of sp³-hybridized carbons (Fsp3) is 0.385. The molecule has 0 radical (unpaired) electrons. The molecule has 1 heterocycles. The highest BCUT2D eigenvalue weighted by Crippen LogP contribution is 2.59. The summed E-state index contributed by atoms with van der Waals surface area (Å²) in [4.78, 5) is 35.7. The lowest BCUT2D eigenvalue weighted by molar-refractivity contribution is -0.125. The van der Waals surface area contributed by atoms with E-state index in [0.717, 1.165) is 36.8 Å². The molecule has 3 aromatic rings. The first kappa shape index (κ1) is 19.9. The van der Waals surface area contributed by atoms with Crippen LogP contribution in [0, 0.1) is 23.7 Å². The Kier molecular flexibility index (Phi) is 4.58. The van der Waals surface area contributed by atoms with Crippen LogP contribution in [0.2, 0.25) is 5.02 Å². The van der Waals surface area contributed by atoms with Crippen molar-refractivity contribution in [1.82, 2.24) is 9.97 Å². The van der Waals surface area contributed by atoms with Gasteiger partial charge in [-0.2, -0.15) is 0 Å². The minimum atomic E-state index is -0.656. The average Bonchev–Trinajstić information content (AvgIpc) is 3.47. The van der Waals surface area contributed by atoms with E-state index in [9.17, 15) is 9.59 Å². The number of hydrogen-bond donors (Lipinski definition) is 0. The first-order chi connectivity index (χ1) is 15.5. The molecule has 6 rings (SSSR count). The minimum Gasteiger partial charge on any atom is -0.437 e. The van der Waals surface area contributed by atoms with Crippen molar-refractivity contribution < 1.29 is 14.3 Å². The molecule has 3 aliphatic carbocycles. The van der Waals surface area contributed by atoms with Crippen LogP contribution >= 0.6 is 11.6 Å². The van der Waals surface area contributed by atoms with E-state index < -0.39 is 5.92 Å². The SMILES string of the molecule is CCc1ccc(Oc2cnc3cc(Cl)ccc3n2)cc1C1C(=O)C2C3CCC(C3)C2C1=O. The van der Waals surface area contributed by atoms with Gasteiger partial charge in [0.2, 0.25) is 5.88 Å². The molecule has 2 bridgehead atoms. The van der Waals surface area contributed by atoms with Gasteiger partial charge in [-0.3, -0.25) is 9.59 Å². The lowest BCUT2D eigenvalue weighted by atomic mass is 9.81. The van der Waals surface area contributed by atoms with Crippen molar-refractivity contribution in [3.8, 4) is 11.6 Å². The van der Waals surface area contributed by atoms with Crippen molar-refractivity contribution >= 4 is 34.2 Å². The second-order valence-corrected chi connectivity index (χ2v) is 9.72. The van der Waals surface area contributed by atoms with Gasteiger partial charge in [-0.05, 0) is 79.0 Å². The maximum atomic E-state index is 13.4. The maximum absolute atomic E-state index is 13.4. The van der Waals surface area contributed by atoms with E-state index in [0.29, 0.717) is 39.5 Å². The first-order valence-electron chi connectivity index (χ1n) is 11.3. The molecule has 0 spiro atoms. The van der Waals surface area contributed by atoms with Crippen LogP contribution in [0.15, 0.2) is 42.6 Å². The number of halogens is 1. The number of aryl methyl sites for hydroxylation is 1. The molecular formula is C26H23ClN2O3. The van der Waals surface area contributed by atoms with E-state index in [1.807, 2.05) is 25.1 Å². The normalized spacial score (nSPS) is 28.5. The first-order valence-corrected chi connectivity index (χ1v) is 11.7. The number of ether oxygens (including phenoxy) is 1. The van der Waals surface area contributed by atoms with Gasteiger partial charge < -0.3 is 4.74 Å². The van der Waals surface area contributed by atoms with E-state index in [1.54, 1.807) is 24.4 Å². The van der Waals surface area contributed by atoms with Crippen LogP contribution in [-0.2, 0) is 16.0 Å². The summed E-state index contributed by atoms with van der Waals surface area (Å²) in [7, 11) is 0. The van der Waals surface area contributed by atoms with Gasteiger partial charge in [0.15, 0.2) is 11.6 Å². The smallest absolute Gasteiger partial charge is 0.238 e. The molecule has 1 aromatic heterocycles. The number of hydrogen-bond acceptors (Lipinski definition) is 5. The van der Waals surface area contributed by atoms with E-state index in [4.69, 9.17) is 16.3 Å². The second-order valence-electron chi connectivity index (χ2n) is 9.28. The summed E-state index contributed by atoms with van der Waals surface area (Å²) in [5, 5.41) is 0.601. The van der Waals surface area contributed by atoms with Crippen molar-refractivity contribution in [3.05, 3.63) is 58.7 Å². The van der Waals surface area contributed by atoms with Crippen LogP contribution in [0.1, 0.15) is 43.2 Å². The molecule has 3 saturated carbocycles. The highest BCUT2D eigenvalue weighted by Gasteiger charge is 2.61. The summed E-state index contributed by atoms with van der Waals surface area (Å²) in [5.74, 6) is 1.17. The van der Waals surface area contributed by atoms with Crippen molar-refractivity contribution in [1.29, 1.82) is 0 Å². The van der Waals surface area contributed by atoms with Crippen LogP contribution in [0.3, 0.4) is 0 Å². The Labute approximate surface area is 191 Å². The summed E-state index contributed by atoms with van der Waals surface area (Å²) >= 11 is 6.02. The van der Waals surface area contributed by atoms with Crippen molar-refractivity contribution in [2.45, 2.75) is 38.5 Å². The quantitative estimate of drug-likeness (QED) is 0.492. The third kappa shape index (κ3) is 2.98. The standard InChI is InChI=1S/C26H23ClN2O3/c1-2-13-5-7-17(32-21-12-28-20-10-16(27)6-8-19(20)29-21)11-18(13)24-25(30)22-14-3-4-15(9-14)23(22)26(24)31/h5-8,10-12,14-15,22-24H,2-4,9H2,1H3. The zero-order valence-corrected chi connectivity index (χ0v) is 18.5. The summed E-state index contributed by atoms with van der Waals surface area (Å²) in [5.41, 5.74) is 3.20. The predicted molar refractivity (Wildman–Crippen MR) is 121 cm³/mol. The highest BCUT2D eigenvalue weighted by atomic mass is 35.5. The van der Waals surface area contributed by atoms with Crippen LogP contribution in [0.4, 0.5) is 0 Å². The molecule has 2 aromatic carbocycles. The molecule has 0 aliphatic heterocycles. The lowest BCUT2D eigenvalue weighted by Gasteiger charge is -2.21. The van der Waals surface area contributed by atoms with Crippen LogP contribution in [0.5, 0.6) is 11.6 Å². The molecule has 3 aliphatic rings. The summed E-state index contributed by atoms with van der Waals surface area (Å²) < 4.78 is 6.01. The van der Waals surface area contributed by atoms with E-state index in [2.05, 4.69) is 9.97 Å².